The van der Waals surface area contributed by atoms with Crippen molar-refractivity contribution in [1.82, 2.24) is 19.9 Å². The highest BCUT2D eigenvalue weighted by atomic mass is 16.5. The molecule has 8 aromatic carbocycles. The number of H-pyrrole nitrogens is 2. The molecule has 5 heterocycles. The minimum Gasteiger partial charge on any atom is -0.462 e. The monoisotopic (exact) mass is 1010 g/mol. The van der Waals surface area contributed by atoms with E-state index in [2.05, 4.69) is 131 Å². The molecule has 11 aromatic rings. The minimum atomic E-state index is -0.391. The molecular weight excluding hydrogens is 961 g/mol. The van der Waals surface area contributed by atoms with Crippen LogP contribution in [0.5, 0.6) is 0 Å². The molecule has 0 aliphatic carbocycles. The number of hydrogen-bond acceptors (Lipinski definition) is 6. The zero-order valence-electron chi connectivity index (χ0n) is 42.6. The Morgan fingerprint density at radius 3 is 1.17 bits per heavy atom. The van der Waals surface area contributed by atoms with Gasteiger partial charge in [-0.25, -0.2) is 19.6 Å². The van der Waals surface area contributed by atoms with Gasteiger partial charge >= 0.3 is 11.9 Å². The second kappa shape index (κ2) is 20.0. The highest BCUT2D eigenvalue weighted by molar-refractivity contribution is 6.11. The Labute approximate surface area is 449 Å². The molecule has 13 rings (SSSR count). The first-order valence-electron chi connectivity index (χ1n) is 26.0. The summed E-state index contributed by atoms with van der Waals surface area (Å²) in [4.78, 5) is 44.3. The van der Waals surface area contributed by atoms with Gasteiger partial charge in [0, 0.05) is 33.3 Å². The zero-order valence-corrected chi connectivity index (χ0v) is 42.6. The quantitative estimate of drug-likeness (QED) is 0.0975. The van der Waals surface area contributed by atoms with E-state index in [4.69, 9.17) is 19.4 Å². The SMILES string of the molecule is CCOC(=O)c1ccc(-c2c3nc(c(C#Cc4cc5ccccc5c5ccccc45)c4ccc([nH]4)c(-c4ccc(C(=O)OCC)cc4)c4nc(c(C#Cc5cc6ccccc6c6ccccc56)c5ccc2[nH]5)C=C4)C=C3)cc1. The van der Waals surface area contributed by atoms with Gasteiger partial charge in [0.05, 0.1) is 69.3 Å². The molecule has 2 aliphatic heterocycles. The van der Waals surface area contributed by atoms with Gasteiger partial charge in [0.2, 0.25) is 0 Å². The Balaban J connectivity index is 1.11. The lowest BCUT2D eigenvalue weighted by molar-refractivity contribution is 0.0517. The van der Waals surface area contributed by atoms with Crippen LogP contribution in [0.25, 0.3) is 112 Å². The van der Waals surface area contributed by atoms with Gasteiger partial charge in [-0.3, -0.25) is 0 Å². The average Bonchev–Trinajstić information content (AvgIpc) is 4.36. The maximum atomic E-state index is 12.9. The van der Waals surface area contributed by atoms with Gasteiger partial charge in [-0.05, 0) is 153 Å². The van der Waals surface area contributed by atoms with E-state index in [1.807, 2.05) is 85.0 Å². The number of fused-ring (bicyclic) bond motifs is 14. The molecule has 0 saturated heterocycles. The normalized spacial score (nSPS) is 11.6. The molecule has 0 unspecified atom stereocenters. The third-order valence-corrected chi connectivity index (χ3v) is 14.3. The van der Waals surface area contributed by atoms with E-state index in [1.165, 1.54) is 0 Å². The van der Waals surface area contributed by atoms with Crippen LogP contribution in [0.2, 0.25) is 0 Å². The average molecular weight is 1010 g/mol. The molecule has 2 aliphatic rings. The summed E-state index contributed by atoms with van der Waals surface area (Å²) in [6.07, 6.45) is 8.05. The number of carbonyl (C=O) groups is 2. The first-order chi connectivity index (χ1) is 38.4. The van der Waals surface area contributed by atoms with Crippen LogP contribution in [0, 0.1) is 23.7 Å². The van der Waals surface area contributed by atoms with Gasteiger partial charge in [0.15, 0.2) is 0 Å². The van der Waals surface area contributed by atoms with Crippen LogP contribution < -0.4 is 0 Å². The Bertz CT molecular complexity index is 4390. The summed E-state index contributed by atoms with van der Waals surface area (Å²) in [5, 5.41) is 8.88. The number of benzene rings is 8. The molecule has 2 N–H and O–H groups in total. The number of carbonyl (C=O) groups excluding carboxylic acids is 2. The number of aromatic nitrogens is 4. The van der Waals surface area contributed by atoms with E-state index in [9.17, 15) is 9.59 Å². The van der Waals surface area contributed by atoms with E-state index in [1.54, 1.807) is 38.1 Å². The summed E-state index contributed by atoms with van der Waals surface area (Å²) >= 11 is 0. The summed E-state index contributed by atoms with van der Waals surface area (Å²) in [6.45, 7) is 4.14. The first kappa shape index (κ1) is 47.2. The van der Waals surface area contributed by atoms with Crippen molar-refractivity contribution in [2.45, 2.75) is 13.8 Å². The molecular formula is C70H46N4O4. The Kier molecular flexibility index (Phi) is 12.1. The first-order valence-corrected chi connectivity index (χ1v) is 26.0. The fraction of sp³-hybridized carbons (Fsp3) is 0.0571. The van der Waals surface area contributed by atoms with Crippen molar-refractivity contribution in [3.63, 3.8) is 0 Å². The summed E-state index contributed by atoms with van der Waals surface area (Å²) < 4.78 is 10.7. The Morgan fingerprint density at radius 1 is 0.397 bits per heavy atom. The van der Waals surface area contributed by atoms with Crippen molar-refractivity contribution in [3.05, 3.63) is 238 Å². The molecule has 3 aromatic heterocycles. The van der Waals surface area contributed by atoms with E-state index in [-0.39, 0.29) is 13.2 Å². The molecule has 0 fully saturated rings. The molecule has 0 atom stereocenters. The fourth-order valence-electron chi connectivity index (χ4n) is 10.6. The van der Waals surface area contributed by atoms with Crippen LogP contribution in [0.3, 0.4) is 0 Å². The number of rotatable bonds is 6. The number of ether oxygens (including phenoxy) is 2. The highest BCUT2D eigenvalue weighted by Crippen LogP contribution is 2.36. The van der Waals surface area contributed by atoms with Crippen molar-refractivity contribution >= 4 is 101 Å². The van der Waals surface area contributed by atoms with Crippen molar-refractivity contribution in [2.75, 3.05) is 13.2 Å². The number of aromatic amines is 2. The smallest absolute Gasteiger partial charge is 0.338 e. The Hall–Kier alpha value is -10.5. The molecule has 0 radical (unpaired) electrons. The third kappa shape index (κ3) is 8.64. The molecule has 78 heavy (non-hydrogen) atoms. The predicted octanol–water partition coefficient (Wildman–Crippen LogP) is 15.8. The second-order valence-corrected chi connectivity index (χ2v) is 19.0. The van der Waals surface area contributed by atoms with Gasteiger partial charge < -0.3 is 19.4 Å². The molecule has 0 amide bonds. The molecule has 0 spiro atoms. The summed E-state index contributed by atoms with van der Waals surface area (Å²) in [5.74, 6) is 13.7. The van der Waals surface area contributed by atoms with Gasteiger partial charge in [-0.2, -0.15) is 0 Å². The van der Waals surface area contributed by atoms with E-state index < -0.39 is 11.9 Å². The highest BCUT2D eigenvalue weighted by Gasteiger charge is 2.19. The van der Waals surface area contributed by atoms with Crippen LogP contribution in [-0.2, 0) is 9.47 Å². The lowest BCUT2D eigenvalue weighted by Gasteiger charge is -2.07. The largest absolute Gasteiger partial charge is 0.462 e. The predicted molar refractivity (Wildman–Crippen MR) is 317 cm³/mol. The van der Waals surface area contributed by atoms with Crippen molar-refractivity contribution < 1.29 is 19.1 Å². The van der Waals surface area contributed by atoms with Crippen molar-refractivity contribution in [2.24, 2.45) is 0 Å². The van der Waals surface area contributed by atoms with E-state index in [0.29, 0.717) is 45.0 Å². The van der Waals surface area contributed by atoms with E-state index >= 15 is 0 Å². The second-order valence-electron chi connectivity index (χ2n) is 19.0. The maximum Gasteiger partial charge on any atom is 0.338 e. The van der Waals surface area contributed by atoms with Crippen LogP contribution in [-0.4, -0.2) is 45.1 Å². The van der Waals surface area contributed by atoms with Crippen LogP contribution in [0.4, 0.5) is 0 Å². The lowest BCUT2D eigenvalue weighted by Crippen LogP contribution is -2.04. The minimum absolute atomic E-state index is 0.270. The van der Waals surface area contributed by atoms with Gasteiger partial charge in [-0.1, -0.05) is 145 Å². The number of hydrogen-bond donors (Lipinski definition) is 2. The van der Waals surface area contributed by atoms with Crippen LogP contribution in [0.1, 0.15) is 79.6 Å². The summed E-state index contributed by atoms with van der Waals surface area (Å²) in [5.41, 5.74) is 13.1. The molecule has 8 heteroatoms. The van der Waals surface area contributed by atoms with E-state index in [0.717, 1.165) is 98.5 Å². The lowest BCUT2D eigenvalue weighted by atomic mass is 9.97. The van der Waals surface area contributed by atoms with Crippen molar-refractivity contribution in [1.29, 1.82) is 0 Å². The van der Waals surface area contributed by atoms with Crippen LogP contribution >= 0.6 is 0 Å². The molecule has 8 bridgehead atoms. The number of nitrogens with one attached hydrogen (secondary N) is 2. The number of esters is 2. The molecule has 0 saturated carbocycles. The molecule has 370 valence electrons. The molecule has 8 nitrogen and oxygen atoms in total. The third-order valence-electron chi connectivity index (χ3n) is 14.3. The van der Waals surface area contributed by atoms with Crippen LogP contribution in [0.15, 0.2) is 182 Å². The summed E-state index contributed by atoms with van der Waals surface area (Å²) in [7, 11) is 0. The van der Waals surface area contributed by atoms with Crippen molar-refractivity contribution in [3.8, 4) is 45.9 Å². The summed E-state index contributed by atoms with van der Waals surface area (Å²) in [6, 6.07) is 60.9. The fourth-order valence-corrected chi connectivity index (χ4v) is 10.6. The van der Waals surface area contributed by atoms with Gasteiger partial charge in [0.25, 0.3) is 0 Å². The topological polar surface area (TPSA) is 110 Å². The van der Waals surface area contributed by atoms with Gasteiger partial charge in [-0.15, -0.1) is 0 Å². The number of nitrogens with zero attached hydrogens (tertiary/aromatic N) is 2. The van der Waals surface area contributed by atoms with Gasteiger partial charge in [0.1, 0.15) is 0 Å². The Morgan fingerprint density at radius 2 is 0.756 bits per heavy atom. The standard InChI is InChI=1S/C70H46N4O4/c1-3-77-69(75)45-25-21-43(22-26-45)67-63-37-33-59(71-63)57(31-29-49-41-47-13-5-7-15-51(47)55-19-11-9-17-53(49)55)61-35-39-65(73-61)68(44-23-27-46(28-24-44)70(76)78-4-2)66-40-36-62(74-66)58(60-34-38-64(67)72-60)32-30-50-42-48-14-6-8-16-52(48)56-20-12-10-18-54(50)56/h5-28,33-42,71,74H,3-4H2,1-2H3. The zero-order chi connectivity index (χ0) is 52.7. The maximum absolute atomic E-state index is 12.9.